The number of rotatable bonds is 36. The molecule has 4 atom stereocenters. The number of carbonyl (C=O) groups excluding carboxylic acids is 2. The first-order valence-corrected chi connectivity index (χ1v) is 21.2. The van der Waals surface area contributed by atoms with Crippen molar-refractivity contribution in [1.29, 1.82) is 0 Å². The lowest BCUT2D eigenvalue weighted by molar-refractivity contribution is -0.153. The highest BCUT2D eigenvalue weighted by Gasteiger charge is 2.23. The zero-order chi connectivity index (χ0) is 38.5. The van der Waals surface area contributed by atoms with Crippen molar-refractivity contribution in [2.24, 2.45) is 5.73 Å². The number of ether oxygens (including phenoxy) is 2. The molecule has 0 aromatic carbocycles. The smallest absolute Gasteiger partial charge is 0.323 e. The molecule has 9 nitrogen and oxygen atoms in total. The first-order valence-electron chi connectivity index (χ1n) is 20.1. The summed E-state index contributed by atoms with van der Waals surface area (Å²) in [6, 6.07) is -1.01. The first kappa shape index (κ1) is 49.6. The van der Waals surface area contributed by atoms with Gasteiger partial charge in [0.25, 0.3) is 0 Å². The maximum atomic E-state index is 12.5. The van der Waals surface area contributed by atoms with E-state index < -0.39 is 35.4 Å². The van der Waals surface area contributed by atoms with Crippen LogP contribution in [0.4, 0.5) is 0 Å². The number of carboxylic acids is 1. The molecule has 0 saturated carbocycles. The quantitative estimate of drug-likeness (QED) is 0.0211. The van der Waals surface area contributed by atoms with E-state index in [-0.39, 0.29) is 37.8 Å². The molecular weight excluding hydrogens is 679 g/mol. The number of carboxylic acid groups (broad SMARTS) is 1. The van der Waals surface area contributed by atoms with Crippen LogP contribution in [0.3, 0.4) is 0 Å². The van der Waals surface area contributed by atoms with E-state index in [4.69, 9.17) is 20.3 Å². The fourth-order valence-electron chi connectivity index (χ4n) is 5.35. The van der Waals surface area contributed by atoms with Gasteiger partial charge in [0.2, 0.25) is 0 Å². The fraction of sp³-hybridized carbons (Fsp3) is 0.738. The number of allylic oxidation sites excluding steroid dienone is 7. The number of hydrogen-bond acceptors (Lipinski definition) is 9. The third-order valence-corrected chi connectivity index (χ3v) is 9.97. The zero-order valence-electron chi connectivity index (χ0n) is 32.5. The number of aliphatic carboxylic acids is 1. The maximum absolute atomic E-state index is 12.5. The van der Waals surface area contributed by atoms with E-state index in [9.17, 15) is 24.6 Å². The molecule has 300 valence electrons. The summed E-state index contributed by atoms with van der Waals surface area (Å²) in [5.41, 5.74) is 6.05. The van der Waals surface area contributed by atoms with Crippen LogP contribution in [0.15, 0.2) is 48.6 Å². The normalized spacial score (nSPS) is 14.4. The molecule has 5 N–H and O–H groups in total. The molecule has 0 aromatic heterocycles. The molecule has 0 aliphatic heterocycles. The van der Waals surface area contributed by atoms with E-state index in [1.54, 1.807) is 0 Å². The van der Waals surface area contributed by atoms with Gasteiger partial charge in [-0.15, -0.1) is 11.8 Å². The van der Waals surface area contributed by atoms with Crippen molar-refractivity contribution in [2.75, 3.05) is 19.0 Å². The number of hydrogen-bond donors (Lipinski definition) is 4. The molecule has 0 aliphatic rings. The predicted molar refractivity (Wildman–Crippen MR) is 215 cm³/mol. The van der Waals surface area contributed by atoms with Gasteiger partial charge in [0, 0.05) is 23.8 Å². The van der Waals surface area contributed by atoms with E-state index in [0.717, 1.165) is 32.1 Å². The van der Waals surface area contributed by atoms with Gasteiger partial charge in [-0.05, 0) is 38.5 Å². The van der Waals surface area contributed by atoms with Crippen LogP contribution < -0.4 is 5.73 Å². The average Bonchev–Trinajstić information content (AvgIpc) is 3.12. The average molecular weight is 752 g/mol. The van der Waals surface area contributed by atoms with Gasteiger partial charge < -0.3 is 30.5 Å². The molecule has 52 heavy (non-hydrogen) atoms. The lowest BCUT2D eigenvalue weighted by Gasteiger charge is -2.21. The van der Waals surface area contributed by atoms with E-state index in [1.807, 2.05) is 30.4 Å². The minimum atomic E-state index is -1.16. The van der Waals surface area contributed by atoms with Crippen LogP contribution in [0.25, 0.3) is 0 Å². The van der Waals surface area contributed by atoms with E-state index >= 15 is 0 Å². The third kappa shape index (κ3) is 33.4. The molecule has 0 spiro atoms. The van der Waals surface area contributed by atoms with Gasteiger partial charge in [0.1, 0.15) is 25.4 Å². The standard InChI is InChI=1S/C42H73NO8S/c1-3-5-7-9-11-13-15-17-19-21-23-25-27-32-41(48)50-33-36(44)34-51-42(49)37(43)35-52-39(38(45)29-28-31-40(46)47)30-26-24-22-20-18-16-14-12-10-8-6-4-2/h12,14,18,20,22,24,26,30,36-39,44-45H,3-11,13,15-17,19,21,23,25,27-29,31-35,43H2,1-2H3,(H,46,47)/b14-12-,20-18-,24-22+,30-26+/t36-,37+,38+,39-/m1/s1. The highest BCUT2D eigenvalue weighted by atomic mass is 32.2. The molecule has 0 unspecified atom stereocenters. The highest BCUT2D eigenvalue weighted by molar-refractivity contribution is 8.00. The van der Waals surface area contributed by atoms with E-state index in [1.165, 1.54) is 95.2 Å². The molecule has 0 fully saturated rings. The van der Waals surface area contributed by atoms with Gasteiger partial charge in [-0.3, -0.25) is 14.4 Å². The van der Waals surface area contributed by atoms with Crippen LogP contribution in [0.2, 0.25) is 0 Å². The Balaban J connectivity index is 4.38. The first-order chi connectivity index (χ1) is 25.2. The summed E-state index contributed by atoms with van der Waals surface area (Å²) in [5.74, 6) is -1.87. The summed E-state index contributed by atoms with van der Waals surface area (Å²) in [7, 11) is 0. The summed E-state index contributed by atoms with van der Waals surface area (Å²) in [4.78, 5) is 35.5. The Kier molecular flexibility index (Phi) is 35.2. The number of nitrogens with two attached hydrogens (primary N) is 1. The van der Waals surface area contributed by atoms with Gasteiger partial charge in [-0.25, -0.2) is 0 Å². The van der Waals surface area contributed by atoms with Crippen LogP contribution in [-0.4, -0.2) is 75.7 Å². The van der Waals surface area contributed by atoms with Crippen LogP contribution in [0, 0.1) is 0 Å². The topological polar surface area (TPSA) is 156 Å². The molecule has 0 aliphatic carbocycles. The Morgan fingerprint density at radius 1 is 0.673 bits per heavy atom. The SMILES string of the molecule is CCCCC/C=C\C\C=C/C=C/C=C/[C@@H](SC[C@H](N)C(=O)OC[C@H](O)COC(=O)CCCCCCCCCCCCCCC)[C@@H](O)CCCC(=O)O. The number of aliphatic hydroxyl groups is 2. The molecule has 0 saturated heterocycles. The Morgan fingerprint density at radius 3 is 1.88 bits per heavy atom. The number of esters is 2. The lowest BCUT2D eigenvalue weighted by Crippen LogP contribution is -2.38. The Morgan fingerprint density at radius 2 is 1.25 bits per heavy atom. The summed E-state index contributed by atoms with van der Waals surface area (Å²) < 4.78 is 10.3. The minimum absolute atomic E-state index is 0.0428. The van der Waals surface area contributed by atoms with Crippen LogP contribution in [0.5, 0.6) is 0 Å². The molecule has 0 aromatic rings. The van der Waals surface area contributed by atoms with Crippen molar-refractivity contribution >= 4 is 29.7 Å². The van der Waals surface area contributed by atoms with Crippen molar-refractivity contribution in [3.8, 4) is 0 Å². The van der Waals surface area contributed by atoms with Gasteiger partial charge in [-0.1, -0.05) is 152 Å². The fourth-order valence-corrected chi connectivity index (χ4v) is 6.48. The maximum Gasteiger partial charge on any atom is 0.323 e. The minimum Gasteiger partial charge on any atom is -0.481 e. The van der Waals surface area contributed by atoms with Crippen LogP contribution in [0.1, 0.15) is 155 Å². The molecule has 0 rings (SSSR count). The lowest BCUT2D eigenvalue weighted by atomic mass is 10.0. The Labute approximate surface area is 320 Å². The van der Waals surface area contributed by atoms with Crippen LogP contribution >= 0.6 is 11.8 Å². The van der Waals surface area contributed by atoms with Gasteiger partial charge in [0.05, 0.1) is 6.10 Å². The monoisotopic (exact) mass is 752 g/mol. The summed E-state index contributed by atoms with van der Waals surface area (Å²) in [5, 5.41) is 29.4. The van der Waals surface area contributed by atoms with Crippen molar-refractivity contribution in [1.82, 2.24) is 0 Å². The largest absolute Gasteiger partial charge is 0.481 e. The number of unbranched alkanes of at least 4 members (excludes halogenated alkanes) is 15. The Hall–Kier alpha value is -2.40. The van der Waals surface area contributed by atoms with Crippen molar-refractivity contribution in [2.45, 2.75) is 179 Å². The van der Waals surface area contributed by atoms with Crippen molar-refractivity contribution in [3.05, 3.63) is 48.6 Å². The van der Waals surface area contributed by atoms with Crippen molar-refractivity contribution < 1.29 is 39.2 Å². The van der Waals surface area contributed by atoms with Gasteiger partial charge >= 0.3 is 17.9 Å². The highest BCUT2D eigenvalue weighted by Crippen LogP contribution is 2.21. The zero-order valence-corrected chi connectivity index (χ0v) is 33.3. The van der Waals surface area contributed by atoms with Crippen LogP contribution in [-0.2, 0) is 23.9 Å². The number of carbonyl (C=O) groups is 3. The molecule has 0 heterocycles. The summed E-state index contributed by atoms with van der Waals surface area (Å²) in [6.07, 6.45) is 36.2. The van der Waals surface area contributed by atoms with Gasteiger partial charge in [0.15, 0.2) is 0 Å². The summed E-state index contributed by atoms with van der Waals surface area (Å²) in [6.45, 7) is 3.82. The number of aliphatic hydroxyl groups excluding tert-OH is 2. The predicted octanol–water partition coefficient (Wildman–Crippen LogP) is 9.16. The van der Waals surface area contributed by atoms with E-state index in [0.29, 0.717) is 12.8 Å². The molecule has 0 radical (unpaired) electrons. The second-order valence-electron chi connectivity index (χ2n) is 13.6. The van der Waals surface area contributed by atoms with Crippen molar-refractivity contribution in [3.63, 3.8) is 0 Å². The molecule has 10 heteroatoms. The second-order valence-corrected chi connectivity index (χ2v) is 14.8. The van der Waals surface area contributed by atoms with Gasteiger partial charge in [-0.2, -0.15) is 0 Å². The molecule has 0 bridgehead atoms. The van der Waals surface area contributed by atoms with E-state index in [2.05, 4.69) is 32.1 Å². The third-order valence-electron chi connectivity index (χ3n) is 8.56. The molecule has 0 amide bonds. The second kappa shape index (κ2) is 36.9. The number of thioether (sulfide) groups is 1. The summed E-state index contributed by atoms with van der Waals surface area (Å²) >= 11 is 1.27. The molecular formula is C42H73NO8S. The Bertz CT molecular complexity index is 998.